The number of hydrogen-bond donors (Lipinski definition) is 1. The third-order valence-electron chi connectivity index (χ3n) is 6.96. The number of benzene rings is 2. The van der Waals surface area contributed by atoms with Gasteiger partial charge < -0.3 is 19.5 Å². The summed E-state index contributed by atoms with van der Waals surface area (Å²) in [4.78, 5) is 13.6. The Morgan fingerprint density at radius 3 is 2.60 bits per heavy atom. The molecular weight excluding hydrogens is 557 g/mol. The second-order valence-electron chi connectivity index (χ2n) is 9.31. The average Bonchev–Trinajstić information content (AvgIpc) is 3.17. The number of hydrogen-bond acceptors (Lipinski definition) is 5. The number of piperidine rings is 1. The summed E-state index contributed by atoms with van der Waals surface area (Å²) in [6.45, 7) is 4.63. The van der Waals surface area contributed by atoms with Crippen LogP contribution in [0.4, 0.5) is 0 Å². The lowest BCUT2D eigenvalue weighted by Crippen LogP contribution is -2.56. The Morgan fingerprint density at radius 1 is 1.23 bits per heavy atom. The number of methoxy groups -OCH3 is 1. The predicted molar refractivity (Wildman–Crippen MR) is 138 cm³/mol. The van der Waals surface area contributed by atoms with Gasteiger partial charge in [0.2, 0.25) is 6.41 Å². The van der Waals surface area contributed by atoms with Gasteiger partial charge in [0, 0.05) is 39.3 Å². The number of fused-ring (bicyclic) bond motifs is 3. The predicted octanol–water partition coefficient (Wildman–Crippen LogP) is 5.59. The summed E-state index contributed by atoms with van der Waals surface area (Å²) in [6.07, 6.45) is 0.618. The fraction of sp³-hybridized carbons (Fsp3) is 0.360. The van der Waals surface area contributed by atoms with Gasteiger partial charge in [-0.2, -0.15) is 5.10 Å². The molecule has 0 bridgehead atoms. The van der Waals surface area contributed by atoms with Crippen LogP contribution in [0.15, 0.2) is 34.8 Å². The number of nitrogens with zero attached hydrogens (tertiary/aromatic N) is 3. The smallest absolute Gasteiger partial charge is 0.210 e. The minimum atomic E-state index is -0.680. The molecule has 2 aliphatic heterocycles. The van der Waals surface area contributed by atoms with Gasteiger partial charge in [-0.15, -0.1) is 0 Å². The van der Waals surface area contributed by atoms with E-state index in [4.69, 9.17) is 37.8 Å². The molecule has 5 rings (SSSR count). The van der Waals surface area contributed by atoms with Crippen molar-refractivity contribution in [2.45, 2.75) is 44.4 Å². The Kier molecular flexibility index (Phi) is 6.28. The minimum absolute atomic E-state index is 0.247. The lowest BCUT2D eigenvalue weighted by molar-refractivity contribution is -0.129. The molecule has 1 saturated heterocycles. The van der Waals surface area contributed by atoms with E-state index in [1.807, 2.05) is 26.0 Å². The maximum Gasteiger partial charge on any atom is 0.210 e. The third-order valence-corrected chi connectivity index (χ3v) is 8.02. The molecule has 1 amide bonds. The quantitative estimate of drug-likeness (QED) is 0.407. The normalized spacial score (nSPS) is 20.6. The molecule has 1 N–H and O–H groups in total. The molecule has 0 spiro atoms. The molecule has 0 radical (unpaired) electrons. The summed E-state index contributed by atoms with van der Waals surface area (Å²) in [7, 11) is 1.60. The highest BCUT2D eigenvalue weighted by Crippen LogP contribution is 2.49. The van der Waals surface area contributed by atoms with Crippen LogP contribution >= 0.6 is 39.1 Å². The summed E-state index contributed by atoms with van der Waals surface area (Å²) in [5.41, 5.74) is 3.16. The van der Waals surface area contributed by atoms with E-state index in [0.717, 1.165) is 27.7 Å². The van der Waals surface area contributed by atoms with E-state index in [2.05, 4.69) is 15.9 Å². The highest BCUT2D eigenvalue weighted by molar-refractivity contribution is 9.10. The van der Waals surface area contributed by atoms with Crippen LogP contribution in [0.1, 0.15) is 37.4 Å². The highest BCUT2D eigenvalue weighted by Gasteiger charge is 2.47. The number of aliphatic hydroxyl groups excluding tert-OH is 1. The first-order valence-electron chi connectivity index (χ1n) is 11.1. The van der Waals surface area contributed by atoms with Gasteiger partial charge in [-0.25, -0.2) is 4.68 Å². The Labute approximate surface area is 221 Å². The monoisotopic (exact) mass is 579 g/mol. The lowest BCUT2D eigenvalue weighted by Gasteiger charge is -2.48. The summed E-state index contributed by atoms with van der Waals surface area (Å²) >= 11 is 16.3. The van der Waals surface area contributed by atoms with Crippen LogP contribution in [-0.4, -0.2) is 51.5 Å². The van der Waals surface area contributed by atoms with E-state index in [0.29, 0.717) is 45.9 Å². The van der Waals surface area contributed by atoms with Crippen molar-refractivity contribution in [3.8, 4) is 28.4 Å². The van der Waals surface area contributed by atoms with Gasteiger partial charge in [-0.3, -0.25) is 4.79 Å². The number of halogens is 3. The van der Waals surface area contributed by atoms with E-state index >= 15 is 0 Å². The van der Waals surface area contributed by atoms with Gasteiger partial charge >= 0.3 is 0 Å². The molecule has 3 heterocycles. The van der Waals surface area contributed by atoms with Crippen LogP contribution < -0.4 is 9.47 Å². The molecule has 0 saturated carbocycles. The molecular formula is C25H24BrCl2N3O4. The van der Waals surface area contributed by atoms with E-state index in [1.165, 1.54) is 0 Å². The molecule has 7 nitrogen and oxygen atoms in total. The standard InChI is InChI=1S/C25H24BrCl2N3O4/c1-25(2)22(19(33)4-5-30(25)12-32)23-17-11-35-20-10-21(34-3)18(26)9-16(20)24(17)31(29-23)15-7-13(27)6-14(28)8-15/h6-10,12,19,22,33H,4-5,11H2,1-3H3. The third kappa shape index (κ3) is 4.00. The topological polar surface area (TPSA) is 76.8 Å². The first kappa shape index (κ1) is 24.4. The van der Waals surface area contributed by atoms with Crippen molar-refractivity contribution in [3.05, 3.63) is 56.1 Å². The first-order valence-corrected chi connectivity index (χ1v) is 12.7. The van der Waals surface area contributed by atoms with Gasteiger partial charge in [0.15, 0.2) is 0 Å². The van der Waals surface area contributed by atoms with Gasteiger partial charge in [0.05, 0.1) is 40.7 Å². The zero-order valence-corrected chi connectivity index (χ0v) is 22.5. The van der Waals surface area contributed by atoms with Crippen LogP contribution in [0.2, 0.25) is 10.0 Å². The number of amides is 1. The largest absolute Gasteiger partial charge is 0.495 e. The highest BCUT2D eigenvalue weighted by atomic mass is 79.9. The Morgan fingerprint density at radius 2 is 1.94 bits per heavy atom. The second kappa shape index (κ2) is 9.00. The van der Waals surface area contributed by atoms with Crippen LogP contribution in [0.25, 0.3) is 16.9 Å². The zero-order chi connectivity index (χ0) is 25.1. The van der Waals surface area contributed by atoms with E-state index in [-0.39, 0.29) is 6.61 Å². The van der Waals surface area contributed by atoms with Crippen LogP contribution in [0.3, 0.4) is 0 Å². The van der Waals surface area contributed by atoms with Crippen LogP contribution in [-0.2, 0) is 11.4 Å². The molecule has 1 aromatic heterocycles. The molecule has 2 aliphatic rings. The van der Waals surface area contributed by atoms with Crippen molar-refractivity contribution in [3.63, 3.8) is 0 Å². The van der Waals surface area contributed by atoms with Gasteiger partial charge in [0.25, 0.3) is 0 Å². The zero-order valence-electron chi connectivity index (χ0n) is 19.4. The molecule has 1 fully saturated rings. The fourth-order valence-corrected chi connectivity index (χ4v) is 6.23. The number of rotatable bonds is 4. The number of aliphatic hydroxyl groups is 1. The summed E-state index contributed by atoms with van der Waals surface area (Å²) in [6, 6.07) is 9.01. The summed E-state index contributed by atoms with van der Waals surface area (Å²) in [5, 5.41) is 17.1. The number of aromatic nitrogens is 2. The molecule has 0 aliphatic carbocycles. The Balaban J connectivity index is 1.79. The summed E-state index contributed by atoms with van der Waals surface area (Å²) < 4.78 is 14.2. The summed E-state index contributed by atoms with van der Waals surface area (Å²) in [5.74, 6) is 0.865. The first-order chi connectivity index (χ1) is 16.6. The number of ether oxygens (including phenoxy) is 2. The van der Waals surface area contributed by atoms with E-state index < -0.39 is 17.6 Å². The van der Waals surface area contributed by atoms with Crippen LogP contribution in [0, 0.1) is 0 Å². The number of likely N-dealkylation sites (tertiary alicyclic amines) is 1. The van der Waals surface area contributed by atoms with Crippen molar-refractivity contribution < 1.29 is 19.4 Å². The molecule has 2 aromatic carbocycles. The molecule has 3 aromatic rings. The maximum atomic E-state index is 11.9. The number of carbonyl (C=O) groups excluding carboxylic acids is 1. The van der Waals surface area contributed by atoms with Gasteiger partial charge in [-0.05, 0) is 60.5 Å². The molecule has 184 valence electrons. The fourth-order valence-electron chi connectivity index (χ4n) is 5.21. The van der Waals surface area contributed by atoms with E-state index in [9.17, 15) is 9.90 Å². The van der Waals surface area contributed by atoms with Crippen molar-refractivity contribution >= 4 is 45.5 Å². The minimum Gasteiger partial charge on any atom is -0.495 e. The lowest BCUT2D eigenvalue weighted by atomic mass is 9.74. The molecule has 10 heteroatoms. The van der Waals surface area contributed by atoms with Crippen molar-refractivity contribution in [2.24, 2.45) is 0 Å². The SMILES string of the molecule is COc1cc2c(cc1Br)-c1c(c(C3C(O)CCN(C=O)C3(C)C)nn1-c1cc(Cl)cc(Cl)c1)CO2. The van der Waals surface area contributed by atoms with Crippen molar-refractivity contribution in [1.29, 1.82) is 0 Å². The average molecular weight is 581 g/mol. The maximum absolute atomic E-state index is 11.9. The van der Waals surface area contributed by atoms with Gasteiger partial charge in [0.1, 0.15) is 18.1 Å². The van der Waals surface area contributed by atoms with Crippen LogP contribution in [0.5, 0.6) is 11.5 Å². The van der Waals surface area contributed by atoms with E-state index in [1.54, 1.807) is 34.9 Å². The Hall–Kier alpha value is -2.26. The number of carbonyl (C=O) groups is 1. The molecule has 35 heavy (non-hydrogen) atoms. The second-order valence-corrected chi connectivity index (χ2v) is 11.0. The molecule has 2 unspecified atom stereocenters. The van der Waals surface area contributed by atoms with Crippen molar-refractivity contribution in [1.82, 2.24) is 14.7 Å². The van der Waals surface area contributed by atoms with Gasteiger partial charge in [-0.1, -0.05) is 23.2 Å². The van der Waals surface area contributed by atoms with Crippen molar-refractivity contribution in [2.75, 3.05) is 13.7 Å². The Bertz CT molecular complexity index is 1310. The molecule has 2 atom stereocenters.